The summed E-state index contributed by atoms with van der Waals surface area (Å²) in [6, 6.07) is 0. The summed E-state index contributed by atoms with van der Waals surface area (Å²) >= 11 is 2.12. The smallest absolute Gasteiger partial charge is 0.193 e. The van der Waals surface area contributed by atoms with Gasteiger partial charge in [-0.2, -0.15) is 11.8 Å². The summed E-state index contributed by atoms with van der Waals surface area (Å²) in [5, 5.41) is 4.41. The van der Waals surface area contributed by atoms with Crippen molar-refractivity contribution in [1.82, 2.24) is 15.1 Å². The van der Waals surface area contributed by atoms with Crippen molar-refractivity contribution in [2.24, 2.45) is 22.7 Å². The molecule has 2 fully saturated rings. The molecular weight excluding hydrogens is 443 g/mol. The van der Waals surface area contributed by atoms with Gasteiger partial charge in [-0.25, -0.2) is 0 Å². The molecule has 4 nitrogen and oxygen atoms in total. The SMILES string of the molecule is CN=C(NCC1CCCN(CC(C)C)C1)N1CCSC(C(C)C)C1.I. The second-order valence-corrected chi connectivity index (χ2v) is 9.54. The van der Waals surface area contributed by atoms with Gasteiger partial charge in [-0.3, -0.25) is 4.99 Å². The third kappa shape index (κ3) is 7.83. The molecule has 0 aromatic heterocycles. The summed E-state index contributed by atoms with van der Waals surface area (Å²) in [5.74, 6) is 4.59. The monoisotopic (exact) mass is 482 g/mol. The van der Waals surface area contributed by atoms with Crippen LogP contribution < -0.4 is 5.32 Å². The number of thioether (sulfide) groups is 1. The fourth-order valence-electron chi connectivity index (χ4n) is 3.84. The summed E-state index contributed by atoms with van der Waals surface area (Å²) in [7, 11) is 1.93. The quantitative estimate of drug-likeness (QED) is 0.369. The molecule has 2 aliphatic heterocycles. The molecule has 0 aliphatic carbocycles. The highest BCUT2D eigenvalue weighted by Crippen LogP contribution is 2.25. The van der Waals surface area contributed by atoms with Gasteiger partial charge in [0.15, 0.2) is 5.96 Å². The van der Waals surface area contributed by atoms with Crippen LogP contribution in [0.3, 0.4) is 0 Å². The van der Waals surface area contributed by atoms with Crippen molar-refractivity contribution >= 4 is 41.7 Å². The third-order valence-corrected chi connectivity index (χ3v) is 6.66. The van der Waals surface area contributed by atoms with Crippen molar-refractivity contribution in [3.8, 4) is 0 Å². The van der Waals surface area contributed by atoms with E-state index in [1.165, 1.54) is 38.2 Å². The average molecular weight is 483 g/mol. The number of likely N-dealkylation sites (tertiary alicyclic amines) is 1. The van der Waals surface area contributed by atoms with Crippen molar-refractivity contribution in [2.45, 2.75) is 45.8 Å². The zero-order chi connectivity index (χ0) is 17.5. The van der Waals surface area contributed by atoms with Crippen LogP contribution in [0.5, 0.6) is 0 Å². The maximum atomic E-state index is 4.57. The minimum absolute atomic E-state index is 0. The normalized spacial score (nSPS) is 26.0. The van der Waals surface area contributed by atoms with E-state index in [-0.39, 0.29) is 24.0 Å². The van der Waals surface area contributed by atoms with E-state index in [1.54, 1.807) is 0 Å². The minimum atomic E-state index is 0. The first kappa shape index (κ1) is 23.3. The molecule has 2 rings (SSSR count). The standard InChI is InChI=1S/C19H38N4S.HI/c1-15(2)12-22-8-6-7-17(13-22)11-21-19(20-5)23-9-10-24-18(14-23)16(3)4;/h15-18H,6-14H2,1-5H3,(H,20,21);1H. The van der Waals surface area contributed by atoms with Crippen LogP contribution in [0, 0.1) is 17.8 Å². The van der Waals surface area contributed by atoms with Crippen LogP contribution in [0.15, 0.2) is 4.99 Å². The molecule has 0 spiro atoms. The van der Waals surface area contributed by atoms with Gasteiger partial charge in [0, 0.05) is 50.8 Å². The van der Waals surface area contributed by atoms with Gasteiger partial charge >= 0.3 is 0 Å². The van der Waals surface area contributed by atoms with E-state index < -0.39 is 0 Å². The second kappa shape index (κ2) is 11.9. The van der Waals surface area contributed by atoms with E-state index in [1.807, 2.05) is 7.05 Å². The molecule has 0 bridgehead atoms. The van der Waals surface area contributed by atoms with E-state index >= 15 is 0 Å². The zero-order valence-corrected chi connectivity index (χ0v) is 20.0. The predicted octanol–water partition coefficient (Wildman–Crippen LogP) is 3.62. The number of hydrogen-bond donors (Lipinski definition) is 1. The number of aliphatic imine (C=N–C) groups is 1. The van der Waals surface area contributed by atoms with Gasteiger partial charge in [-0.1, -0.05) is 27.7 Å². The molecule has 6 heteroatoms. The molecule has 2 saturated heterocycles. The Kier molecular flexibility index (Phi) is 11.1. The van der Waals surface area contributed by atoms with Gasteiger partial charge in [0.1, 0.15) is 0 Å². The fraction of sp³-hybridized carbons (Fsp3) is 0.947. The number of piperidine rings is 1. The largest absolute Gasteiger partial charge is 0.356 e. The lowest BCUT2D eigenvalue weighted by Crippen LogP contribution is -2.51. The third-order valence-electron chi connectivity index (χ3n) is 5.12. The Balaban J connectivity index is 0.00000312. The Labute approximate surface area is 177 Å². The predicted molar refractivity (Wildman–Crippen MR) is 123 cm³/mol. The van der Waals surface area contributed by atoms with E-state index in [0.717, 1.165) is 48.6 Å². The molecule has 2 unspecified atom stereocenters. The molecule has 0 amide bonds. The molecule has 148 valence electrons. The van der Waals surface area contributed by atoms with Crippen LogP contribution >= 0.6 is 35.7 Å². The first-order chi connectivity index (χ1) is 11.5. The molecular formula is C19H39IN4S. The highest BCUT2D eigenvalue weighted by molar-refractivity contribution is 14.0. The molecule has 0 aromatic carbocycles. The summed E-state index contributed by atoms with van der Waals surface area (Å²) in [5.41, 5.74) is 0. The fourth-order valence-corrected chi connectivity index (χ4v) is 5.14. The number of guanidine groups is 1. The molecule has 0 saturated carbocycles. The summed E-state index contributed by atoms with van der Waals surface area (Å²) < 4.78 is 0. The summed E-state index contributed by atoms with van der Waals surface area (Å²) in [6.45, 7) is 16.4. The average Bonchev–Trinajstić information content (AvgIpc) is 2.55. The van der Waals surface area contributed by atoms with Crippen LogP contribution in [-0.4, -0.2) is 73.1 Å². The van der Waals surface area contributed by atoms with Gasteiger partial charge in [0.2, 0.25) is 0 Å². The van der Waals surface area contributed by atoms with Crippen molar-refractivity contribution in [1.29, 1.82) is 0 Å². The topological polar surface area (TPSA) is 30.9 Å². The first-order valence-electron chi connectivity index (χ1n) is 9.79. The second-order valence-electron chi connectivity index (χ2n) is 8.19. The van der Waals surface area contributed by atoms with Crippen LogP contribution in [0.25, 0.3) is 0 Å². The maximum Gasteiger partial charge on any atom is 0.193 e. The van der Waals surface area contributed by atoms with Crippen LogP contribution in [0.2, 0.25) is 0 Å². The van der Waals surface area contributed by atoms with Crippen LogP contribution in [-0.2, 0) is 0 Å². The van der Waals surface area contributed by atoms with E-state index in [2.05, 4.69) is 59.6 Å². The molecule has 0 aromatic rings. The van der Waals surface area contributed by atoms with Crippen LogP contribution in [0.4, 0.5) is 0 Å². The molecule has 2 heterocycles. The van der Waals surface area contributed by atoms with Crippen molar-refractivity contribution < 1.29 is 0 Å². The van der Waals surface area contributed by atoms with Gasteiger partial charge in [-0.05, 0) is 37.1 Å². The molecule has 25 heavy (non-hydrogen) atoms. The Morgan fingerprint density at radius 3 is 2.60 bits per heavy atom. The summed E-state index contributed by atoms with van der Waals surface area (Å²) in [6.07, 6.45) is 2.69. The Morgan fingerprint density at radius 1 is 1.20 bits per heavy atom. The van der Waals surface area contributed by atoms with Crippen LogP contribution in [0.1, 0.15) is 40.5 Å². The lowest BCUT2D eigenvalue weighted by molar-refractivity contribution is 0.159. The lowest BCUT2D eigenvalue weighted by atomic mass is 9.97. The first-order valence-corrected chi connectivity index (χ1v) is 10.8. The Morgan fingerprint density at radius 2 is 1.96 bits per heavy atom. The lowest BCUT2D eigenvalue weighted by Gasteiger charge is -2.38. The number of hydrogen-bond acceptors (Lipinski definition) is 3. The number of nitrogens with one attached hydrogen (secondary N) is 1. The summed E-state index contributed by atoms with van der Waals surface area (Å²) in [4.78, 5) is 9.68. The van der Waals surface area contributed by atoms with Gasteiger partial charge in [0.25, 0.3) is 0 Å². The van der Waals surface area contributed by atoms with E-state index in [4.69, 9.17) is 0 Å². The van der Waals surface area contributed by atoms with Crippen molar-refractivity contribution in [2.75, 3.05) is 52.1 Å². The number of rotatable bonds is 5. The highest BCUT2D eigenvalue weighted by atomic mass is 127. The van der Waals surface area contributed by atoms with Gasteiger partial charge < -0.3 is 15.1 Å². The van der Waals surface area contributed by atoms with E-state index in [0.29, 0.717) is 0 Å². The number of nitrogens with zero attached hydrogens (tertiary/aromatic N) is 3. The molecule has 2 aliphatic rings. The van der Waals surface area contributed by atoms with Crippen molar-refractivity contribution in [3.05, 3.63) is 0 Å². The molecule has 0 radical (unpaired) electrons. The minimum Gasteiger partial charge on any atom is -0.356 e. The highest BCUT2D eigenvalue weighted by Gasteiger charge is 2.26. The van der Waals surface area contributed by atoms with Gasteiger partial charge in [0.05, 0.1) is 0 Å². The van der Waals surface area contributed by atoms with Gasteiger partial charge in [-0.15, -0.1) is 24.0 Å². The number of halogens is 1. The molecule has 1 N–H and O–H groups in total. The van der Waals surface area contributed by atoms with E-state index in [9.17, 15) is 0 Å². The zero-order valence-electron chi connectivity index (χ0n) is 16.8. The Hall–Kier alpha value is 0.310. The Bertz CT molecular complexity index is 403. The maximum absolute atomic E-state index is 4.57. The van der Waals surface area contributed by atoms with Crippen molar-refractivity contribution in [3.63, 3.8) is 0 Å². The molecule has 2 atom stereocenters.